The van der Waals surface area contributed by atoms with Gasteiger partial charge in [0.15, 0.2) is 11.4 Å². The molecule has 0 spiro atoms. The van der Waals surface area contributed by atoms with Crippen LogP contribution in [0.3, 0.4) is 0 Å². The summed E-state index contributed by atoms with van der Waals surface area (Å²) >= 11 is 0. The molecule has 0 saturated carbocycles. The maximum Gasteiger partial charge on any atom is 0.266 e. The molecule has 178 valence electrons. The average molecular weight is 483 g/mol. The first-order chi connectivity index (χ1) is 16.4. The summed E-state index contributed by atoms with van der Waals surface area (Å²) in [6.45, 7) is 5.16. The van der Waals surface area contributed by atoms with Crippen molar-refractivity contribution in [2.75, 3.05) is 18.4 Å². The van der Waals surface area contributed by atoms with E-state index in [1.807, 2.05) is 36.9 Å². The van der Waals surface area contributed by atoms with Crippen molar-refractivity contribution in [3.63, 3.8) is 0 Å². The first-order valence-corrected chi connectivity index (χ1v) is 12.6. The molecular weight excluding hydrogens is 456 g/mol. The van der Waals surface area contributed by atoms with Crippen LogP contribution in [0.4, 0.5) is 5.82 Å². The number of sulfonamides is 1. The van der Waals surface area contributed by atoms with Crippen LogP contribution in [0.5, 0.6) is 11.5 Å². The van der Waals surface area contributed by atoms with Crippen molar-refractivity contribution in [2.45, 2.75) is 44.0 Å². The largest absolute Gasteiger partial charge is 0.495 e. The number of benzene rings is 2. The van der Waals surface area contributed by atoms with E-state index in [4.69, 9.17) is 14.0 Å². The molecule has 0 amide bonds. The summed E-state index contributed by atoms with van der Waals surface area (Å²) in [5.41, 5.74) is 3.44. The smallest absolute Gasteiger partial charge is 0.266 e. The Morgan fingerprint density at radius 1 is 1.26 bits per heavy atom. The maximum absolute atomic E-state index is 13.3. The predicted octanol–water partition coefficient (Wildman–Crippen LogP) is 4.33. The summed E-state index contributed by atoms with van der Waals surface area (Å²) in [6.07, 6.45) is 5.29. The molecule has 0 aliphatic carbocycles. The summed E-state index contributed by atoms with van der Waals surface area (Å²) in [6, 6.07) is 8.83. The zero-order chi connectivity index (χ0) is 23.9. The molecule has 2 aromatic carbocycles. The maximum atomic E-state index is 13.3. The first kappa shape index (κ1) is 22.3. The molecule has 4 aromatic rings. The summed E-state index contributed by atoms with van der Waals surface area (Å²) in [5, 5.41) is 8.85. The Labute approximate surface area is 197 Å². The Morgan fingerprint density at radius 2 is 2.12 bits per heavy atom. The second-order valence-corrected chi connectivity index (χ2v) is 10.2. The molecule has 2 aromatic heterocycles. The average Bonchev–Trinajstić information content (AvgIpc) is 3.48. The van der Waals surface area contributed by atoms with Crippen LogP contribution in [0.15, 0.2) is 52.1 Å². The minimum atomic E-state index is -4.00. The van der Waals surface area contributed by atoms with Gasteiger partial charge in [-0.25, -0.2) is 8.42 Å². The molecular formula is C24H26N4O5S. The SMILES string of the molecule is COc1cc(C(C)C)ccc1S(=O)(=O)Nc1noc2cc(Cn3cccn3)c3c(c12)OCCC3. The van der Waals surface area contributed by atoms with Crippen molar-refractivity contribution in [1.82, 2.24) is 14.9 Å². The third kappa shape index (κ3) is 3.98. The molecule has 0 unspecified atom stereocenters. The van der Waals surface area contributed by atoms with Crippen LogP contribution < -0.4 is 14.2 Å². The van der Waals surface area contributed by atoms with Gasteiger partial charge in [0, 0.05) is 18.0 Å². The number of rotatable bonds is 7. The lowest BCUT2D eigenvalue weighted by atomic mass is 9.97. The highest BCUT2D eigenvalue weighted by atomic mass is 32.2. The molecule has 3 heterocycles. The Morgan fingerprint density at radius 3 is 2.85 bits per heavy atom. The second kappa shape index (κ2) is 8.68. The molecule has 0 bridgehead atoms. The van der Waals surface area contributed by atoms with Crippen molar-refractivity contribution in [1.29, 1.82) is 0 Å². The fourth-order valence-electron chi connectivity index (χ4n) is 4.25. The van der Waals surface area contributed by atoms with E-state index < -0.39 is 10.0 Å². The Bertz CT molecular complexity index is 1440. The zero-order valence-electron chi connectivity index (χ0n) is 19.2. The molecule has 0 radical (unpaired) electrons. The van der Waals surface area contributed by atoms with Crippen molar-refractivity contribution >= 4 is 26.8 Å². The number of nitrogens with one attached hydrogen (secondary N) is 1. The number of hydrogen-bond acceptors (Lipinski definition) is 7. The normalized spacial score (nSPS) is 13.6. The van der Waals surface area contributed by atoms with Crippen molar-refractivity contribution < 1.29 is 22.4 Å². The monoisotopic (exact) mass is 482 g/mol. The van der Waals surface area contributed by atoms with E-state index in [9.17, 15) is 8.42 Å². The minimum Gasteiger partial charge on any atom is -0.495 e. The molecule has 1 aliphatic heterocycles. The molecule has 0 fully saturated rings. The van der Waals surface area contributed by atoms with E-state index in [-0.39, 0.29) is 22.4 Å². The minimum absolute atomic E-state index is 0.0284. The van der Waals surface area contributed by atoms with Gasteiger partial charge >= 0.3 is 0 Å². The number of nitrogens with zero attached hydrogens (tertiary/aromatic N) is 3. The fourth-order valence-corrected chi connectivity index (χ4v) is 5.40. The summed E-state index contributed by atoms with van der Waals surface area (Å²) in [7, 11) is -2.55. The van der Waals surface area contributed by atoms with Gasteiger partial charge in [0.05, 0.1) is 20.3 Å². The number of methoxy groups -OCH3 is 1. The van der Waals surface area contributed by atoms with Crippen LogP contribution in [0.2, 0.25) is 0 Å². The quantitative estimate of drug-likeness (QED) is 0.418. The topological polar surface area (TPSA) is 108 Å². The van der Waals surface area contributed by atoms with Crippen LogP contribution in [0.1, 0.15) is 42.9 Å². The highest BCUT2D eigenvalue weighted by Gasteiger charge is 2.28. The predicted molar refractivity (Wildman–Crippen MR) is 127 cm³/mol. The highest BCUT2D eigenvalue weighted by Crippen LogP contribution is 2.41. The summed E-state index contributed by atoms with van der Waals surface area (Å²) in [5.74, 6) is 1.20. The number of fused-ring (bicyclic) bond motifs is 3. The van der Waals surface area contributed by atoms with Gasteiger partial charge in [0.1, 0.15) is 21.8 Å². The van der Waals surface area contributed by atoms with Gasteiger partial charge in [-0.15, -0.1) is 0 Å². The van der Waals surface area contributed by atoms with Crippen molar-refractivity contribution in [3.05, 3.63) is 59.4 Å². The molecule has 1 aliphatic rings. The number of ether oxygens (including phenoxy) is 2. The van der Waals surface area contributed by atoms with Gasteiger partial charge in [0.2, 0.25) is 0 Å². The van der Waals surface area contributed by atoms with E-state index in [2.05, 4.69) is 15.0 Å². The van der Waals surface area contributed by atoms with E-state index in [1.165, 1.54) is 7.11 Å². The van der Waals surface area contributed by atoms with Crippen LogP contribution in [-0.2, 0) is 23.0 Å². The van der Waals surface area contributed by atoms with E-state index in [0.717, 1.165) is 29.5 Å². The Balaban J connectivity index is 1.56. The standard InChI is InChI=1S/C24H26N4O5S/c1-15(2)16-7-8-21(19(12-16)31-3)34(29,30)27-24-22-20(33-26-24)13-17(14-28-10-5-9-25-28)18-6-4-11-32-23(18)22/h5,7-10,12-13,15H,4,6,11,14H2,1-3H3,(H,26,27). The summed E-state index contributed by atoms with van der Waals surface area (Å²) in [4.78, 5) is 0.0284. The first-order valence-electron chi connectivity index (χ1n) is 11.1. The van der Waals surface area contributed by atoms with Gasteiger partial charge in [-0.2, -0.15) is 5.10 Å². The number of hydrogen-bond donors (Lipinski definition) is 1. The molecule has 5 rings (SSSR count). The summed E-state index contributed by atoms with van der Waals surface area (Å²) < 4.78 is 48.0. The van der Waals surface area contributed by atoms with Gasteiger partial charge in [-0.3, -0.25) is 9.40 Å². The molecule has 0 saturated heterocycles. The van der Waals surface area contributed by atoms with Crippen LogP contribution in [0, 0.1) is 0 Å². The van der Waals surface area contributed by atoms with Gasteiger partial charge < -0.3 is 14.0 Å². The van der Waals surface area contributed by atoms with Crippen molar-refractivity contribution in [2.24, 2.45) is 0 Å². The third-order valence-corrected chi connectivity index (χ3v) is 7.37. The lowest BCUT2D eigenvalue weighted by Gasteiger charge is -2.21. The van der Waals surface area contributed by atoms with Crippen LogP contribution in [0.25, 0.3) is 11.0 Å². The van der Waals surface area contributed by atoms with Gasteiger partial charge in [0.25, 0.3) is 10.0 Å². The Hall–Kier alpha value is -3.53. The molecule has 10 heteroatoms. The van der Waals surface area contributed by atoms with E-state index in [0.29, 0.717) is 29.9 Å². The van der Waals surface area contributed by atoms with E-state index in [1.54, 1.807) is 24.4 Å². The molecule has 34 heavy (non-hydrogen) atoms. The number of anilines is 1. The second-order valence-electron chi connectivity index (χ2n) is 8.57. The molecule has 1 N–H and O–H groups in total. The highest BCUT2D eigenvalue weighted by molar-refractivity contribution is 7.92. The van der Waals surface area contributed by atoms with Gasteiger partial charge in [-0.1, -0.05) is 25.1 Å². The van der Waals surface area contributed by atoms with Crippen molar-refractivity contribution in [3.8, 4) is 11.5 Å². The fraction of sp³-hybridized carbons (Fsp3) is 0.333. The molecule has 9 nitrogen and oxygen atoms in total. The zero-order valence-corrected chi connectivity index (χ0v) is 20.1. The van der Waals surface area contributed by atoms with Gasteiger partial charge in [-0.05, 0) is 54.2 Å². The third-order valence-electron chi connectivity index (χ3n) is 6.00. The lowest BCUT2D eigenvalue weighted by Crippen LogP contribution is -2.16. The van der Waals surface area contributed by atoms with E-state index >= 15 is 0 Å². The number of aromatic nitrogens is 3. The lowest BCUT2D eigenvalue weighted by molar-refractivity contribution is 0.291. The van der Waals surface area contributed by atoms with Crippen LogP contribution in [-0.4, -0.2) is 37.1 Å². The van der Waals surface area contributed by atoms with Crippen LogP contribution >= 0.6 is 0 Å². The Kier molecular flexibility index (Phi) is 5.68. The molecule has 0 atom stereocenters.